The fraction of sp³-hybridized carbons (Fsp3) is 0.214. The third kappa shape index (κ3) is 5.08. The number of benzene rings is 1. The van der Waals surface area contributed by atoms with Gasteiger partial charge < -0.3 is 20.1 Å². The minimum atomic E-state index is -0.348. The summed E-state index contributed by atoms with van der Waals surface area (Å²) in [4.78, 5) is 23.7. The van der Waals surface area contributed by atoms with Gasteiger partial charge in [-0.2, -0.15) is 0 Å². The first-order valence-electron chi connectivity index (χ1n) is 12.0. The first-order valence-corrected chi connectivity index (χ1v) is 12.5. The maximum absolute atomic E-state index is 13.2. The van der Waals surface area contributed by atoms with Gasteiger partial charge in [0, 0.05) is 42.4 Å². The number of nitrogens with zero attached hydrogens (tertiary/aromatic N) is 4. The van der Waals surface area contributed by atoms with Crippen molar-refractivity contribution in [2.75, 3.05) is 11.9 Å². The Morgan fingerprint density at radius 2 is 1.92 bits per heavy atom. The van der Waals surface area contributed by atoms with Crippen molar-refractivity contribution in [1.82, 2.24) is 24.8 Å². The van der Waals surface area contributed by atoms with Gasteiger partial charge in [-0.3, -0.25) is 14.8 Å². The number of pyridine rings is 2. The third-order valence-electron chi connectivity index (χ3n) is 6.60. The number of hydrogen-bond acceptors (Lipinski definition) is 4. The molecule has 0 aliphatic carbocycles. The van der Waals surface area contributed by atoms with Gasteiger partial charge in [-0.15, -0.1) is 0 Å². The smallest absolute Gasteiger partial charge is 0.226 e. The van der Waals surface area contributed by atoms with E-state index in [1.165, 1.54) is 12.1 Å². The van der Waals surface area contributed by atoms with Gasteiger partial charge in [-0.25, -0.2) is 4.39 Å². The molecule has 1 aromatic carbocycles. The molecule has 2 atom stereocenters. The van der Waals surface area contributed by atoms with E-state index in [0.717, 1.165) is 28.3 Å². The number of carbonyl (C=O) groups is 1. The van der Waals surface area contributed by atoms with Gasteiger partial charge >= 0.3 is 0 Å². The fourth-order valence-corrected chi connectivity index (χ4v) is 5.27. The van der Waals surface area contributed by atoms with E-state index in [-0.39, 0.29) is 30.2 Å². The van der Waals surface area contributed by atoms with Crippen molar-refractivity contribution in [3.8, 4) is 5.69 Å². The normalized spacial score (nSPS) is 17.1. The van der Waals surface area contributed by atoms with E-state index in [4.69, 9.17) is 12.2 Å². The molecule has 0 spiro atoms. The highest BCUT2D eigenvalue weighted by Crippen LogP contribution is 2.41. The monoisotopic (exact) mass is 514 g/mol. The molecule has 4 aromatic rings. The van der Waals surface area contributed by atoms with Gasteiger partial charge in [0.1, 0.15) is 5.82 Å². The Hall–Kier alpha value is -4.11. The van der Waals surface area contributed by atoms with Crippen LogP contribution in [0.4, 0.5) is 10.1 Å². The van der Waals surface area contributed by atoms with Gasteiger partial charge in [-0.05, 0) is 86.2 Å². The van der Waals surface area contributed by atoms with E-state index >= 15 is 0 Å². The minimum absolute atomic E-state index is 0.169. The van der Waals surface area contributed by atoms with Crippen LogP contribution in [0.15, 0.2) is 79.3 Å². The Balaban J connectivity index is 1.45. The molecule has 9 heteroatoms. The summed E-state index contributed by atoms with van der Waals surface area (Å²) in [5.41, 5.74) is 5.66. The number of halogens is 1. The molecule has 0 unspecified atom stereocenters. The molecule has 3 aromatic heterocycles. The fourth-order valence-electron chi connectivity index (χ4n) is 4.93. The second kappa shape index (κ2) is 10.5. The van der Waals surface area contributed by atoms with Gasteiger partial charge in [0.15, 0.2) is 5.11 Å². The first-order chi connectivity index (χ1) is 17.9. The molecular weight excluding hydrogens is 487 g/mol. The number of amides is 1. The number of nitrogens with one attached hydrogen (secondary N) is 2. The molecule has 1 aliphatic rings. The average Bonchev–Trinajstić information content (AvgIpc) is 3.39. The summed E-state index contributed by atoms with van der Waals surface area (Å²) in [6.07, 6.45) is 5.59. The maximum atomic E-state index is 13.2. The van der Waals surface area contributed by atoms with Crippen LogP contribution in [-0.2, 0) is 4.79 Å². The largest absolute Gasteiger partial charge is 0.352 e. The summed E-state index contributed by atoms with van der Waals surface area (Å²) >= 11 is 5.76. The SMILES string of the molecule is Cc1cc([C@@H]2[C@@H](c3ccccn3)NC(=S)N2CCC(=O)Nc2ccc(F)cc2)c(C)n1-c1cccnc1. The summed E-state index contributed by atoms with van der Waals surface area (Å²) < 4.78 is 15.4. The molecule has 2 N–H and O–H groups in total. The molecule has 1 aliphatic heterocycles. The van der Waals surface area contributed by atoms with Gasteiger partial charge in [0.25, 0.3) is 0 Å². The van der Waals surface area contributed by atoms with Crippen molar-refractivity contribution in [3.05, 3.63) is 108 Å². The minimum Gasteiger partial charge on any atom is -0.352 e. The lowest BCUT2D eigenvalue weighted by molar-refractivity contribution is -0.116. The predicted molar refractivity (Wildman–Crippen MR) is 145 cm³/mol. The quantitative estimate of drug-likeness (QED) is 0.337. The molecule has 1 fully saturated rings. The molecule has 0 radical (unpaired) electrons. The van der Waals surface area contributed by atoms with Gasteiger partial charge in [-0.1, -0.05) is 6.07 Å². The lowest BCUT2D eigenvalue weighted by Crippen LogP contribution is -2.32. The standard InChI is InChI=1S/C28H27FN6OS/c1-18-16-23(19(2)35(18)22-6-5-13-30-17-22)27-26(24-7-3-4-14-31-24)33-28(37)34(27)15-12-25(36)32-21-10-8-20(29)9-11-21/h3-11,13-14,16-17,26-27H,12,15H2,1-2H3,(H,32,36)(H,33,37)/t26-,27-/m1/s1. The molecule has 5 rings (SSSR count). The van der Waals surface area contributed by atoms with Crippen LogP contribution >= 0.6 is 12.2 Å². The molecule has 1 saturated heterocycles. The highest BCUT2D eigenvalue weighted by atomic mass is 32.1. The van der Waals surface area contributed by atoms with E-state index in [1.807, 2.05) is 36.5 Å². The first kappa shape index (κ1) is 24.6. The van der Waals surface area contributed by atoms with Crippen molar-refractivity contribution in [2.45, 2.75) is 32.4 Å². The number of aromatic nitrogens is 3. The third-order valence-corrected chi connectivity index (χ3v) is 6.95. The molecule has 0 saturated carbocycles. The number of hydrogen-bond donors (Lipinski definition) is 2. The number of carbonyl (C=O) groups excluding carboxylic acids is 1. The summed E-state index contributed by atoms with van der Waals surface area (Å²) in [7, 11) is 0. The van der Waals surface area contributed by atoms with Crippen LogP contribution in [0, 0.1) is 19.7 Å². The lowest BCUT2D eigenvalue weighted by atomic mass is 9.96. The van der Waals surface area contributed by atoms with Crippen molar-refractivity contribution in [3.63, 3.8) is 0 Å². The average molecular weight is 515 g/mol. The summed E-state index contributed by atoms with van der Waals surface area (Å²) in [6, 6.07) is 17.3. The maximum Gasteiger partial charge on any atom is 0.226 e. The van der Waals surface area contributed by atoms with Crippen LogP contribution < -0.4 is 10.6 Å². The van der Waals surface area contributed by atoms with Gasteiger partial charge in [0.05, 0.1) is 29.7 Å². The Bertz CT molecular complexity index is 1410. The Labute approximate surface area is 220 Å². The summed E-state index contributed by atoms with van der Waals surface area (Å²) in [5.74, 6) is -0.519. The van der Waals surface area contributed by atoms with E-state index in [0.29, 0.717) is 17.3 Å². The summed E-state index contributed by atoms with van der Waals surface area (Å²) in [6.45, 7) is 4.56. The van der Waals surface area contributed by atoms with Crippen molar-refractivity contribution in [2.24, 2.45) is 0 Å². The van der Waals surface area contributed by atoms with Crippen LogP contribution in [0.5, 0.6) is 0 Å². The number of rotatable bonds is 7. The van der Waals surface area contributed by atoms with Crippen molar-refractivity contribution < 1.29 is 9.18 Å². The second-order valence-corrected chi connectivity index (χ2v) is 9.38. The Morgan fingerprint density at radius 1 is 1.11 bits per heavy atom. The molecule has 7 nitrogen and oxygen atoms in total. The van der Waals surface area contributed by atoms with Crippen molar-refractivity contribution in [1.29, 1.82) is 0 Å². The van der Waals surface area contributed by atoms with E-state index < -0.39 is 0 Å². The van der Waals surface area contributed by atoms with Crippen molar-refractivity contribution >= 4 is 28.9 Å². The van der Waals surface area contributed by atoms with Gasteiger partial charge in [0.2, 0.25) is 5.91 Å². The van der Waals surface area contributed by atoms with Crippen LogP contribution in [0.25, 0.3) is 5.69 Å². The molecule has 0 bridgehead atoms. The zero-order chi connectivity index (χ0) is 25.9. The zero-order valence-electron chi connectivity index (χ0n) is 20.6. The van der Waals surface area contributed by atoms with Crippen LogP contribution in [-0.4, -0.2) is 37.0 Å². The molecule has 1 amide bonds. The van der Waals surface area contributed by atoms with E-state index in [9.17, 15) is 9.18 Å². The van der Waals surface area contributed by atoms with E-state index in [2.05, 4.69) is 50.0 Å². The highest BCUT2D eigenvalue weighted by molar-refractivity contribution is 7.80. The lowest BCUT2D eigenvalue weighted by Gasteiger charge is -2.28. The van der Waals surface area contributed by atoms with Crippen LogP contribution in [0.2, 0.25) is 0 Å². The zero-order valence-corrected chi connectivity index (χ0v) is 21.4. The summed E-state index contributed by atoms with van der Waals surface area (Å²) in [5, 5.41) is 6.85. The number of thiocarbonyl (C=S) groups is 1. The van der Waals surface area contributed by atoms with Crippen LogP contribution in [0.1, 0.15) is 41.1 Å². The number of anilines is 1. The molecule has 4 heterocycles. The number of aryl methyl sites for hydroxylation is 1. The van der Waals surface area contributed by atoms with Crippen LogP contribution in [0.3, 0.4) is 0 Å². The molecule has 188 valence electrons. The predicted octanol–water partition coefficient (Wildman–Crippen LogP) is 5.02. The Morgan fingerprint density at radius 3 is 2.62 bits per heavy atom. The topological polar surface area (TPSA) is 75.1 Å². The van der Waals surface area contributed by atoms with E-state index in [1.54, 1.807) is 24.5 Å². The molecule has 37 heavy (non-hydrogen) atoms. The molecular formula is C28H27FN6OS. The highest BCUT2D eigenvalue weighted by Gasteiger charge is 2.41. The Kier molecular flexibility index (Phi) is 6.96. The second-order valence-electron chi connectivity index (χ2n) is 9.00.